The van der Waals surface area contributed by atoms with Crippen LogP contribution >= 0.6 is 23.4 Å². The van der Waals surface area contributed by atoms with Gasteiger partial charge in [0.15, 0.2) is 10.9 Å². The number of aromatic amines is 1. The smallest absolute Gasteiger partial charge is 0.278 e. The molecule has 8 heteroatoms. The molecule has 180 valence electrons. The number of carbonyl (C=O) groups is 1. The van der Waals surface area contributed by atoms with Crippen LogP contribution in [-0.4, -0.2) is 33.2 Å². The molecule has 0 aliphatic carbocycles. The van der Waals surface area contributed by atoms with Crippen LogP contribution in [0, 0.1) is 0 Å². The fourth-order valence-corrected chi connectivity index (χ4v) is 5.03. The monoisotopic (exact) mass is 515 g/mol. The number of benzene rings is 3. The first-order valence-corrected chi connectivity index (χ1v) is 12.6. The number of ether oxygens (including phenoxy) is 1. The van der Waals surface area contributed by atoms with E-state index in [1.807, 2.05) is 54.6 Å². The first kappa shape index (κ1) is 23.9. The molecular weight excluding hydrogens is 494 g/mol. The standard InChI is InChI=1S/C28H22ClN3O3S/c1-35-24-10-6-5-9-20(24)16-32-27(34)26-25(22(15-30-26)18-7-3-2-4-8-18)31-28(32)36-17-23(33)19-11-13-21(29)14-12-19/h2-15,30H,16-17H2,1H3. The summed E-state index contributed by atoms with van der Waals surface area (Å²) in [5, 5.41) is 1.02. The summed E-state index contributed by atoms with van der Waals surface area (Å²) in [7, 11) is 1.60. The Morgan fingerprint density at radius 3 is 2.50 bits per heavy atom. The maximum Gasteiger partial charge on any atom is 0.278 e. The van der Waals surface area contributed by atoms with Gasteiger partial charge in [0.2, 0.25) is 0 Å². The third-order valence-corrected chi connectivity index (χ3v) is 7.08. The van der Waals surface area contributed by atoms with Crippen LogP contribution in [0.15, 0.2) is 95.0 Å². The molecule has 0 radical (unpaired) electrons. The van der Waals surface area contributed by atoms with Gasteiger partial charge in [-0.3, -0.25) is 14.2 Å². The molecule has 0 spiro atoms. The quantitative estimate of drug-likeness (QED) is 0.154. The van der Waals surface area contributed by atoms with E-state index in [0.29, 0.717) is 32.5 Å². The molecule has 0 fully saturated rings. The third-order valence-electron chi connectivity index (χ3n) is 5.85. The summed E-state index contributed by atoms with van der Waals surface area (Å²) in [6, 6.07) is 24.1. The van der Waals surface area contributed by atoms with Gasteiger partial charge >= 0.3 is 0 Å². The fourth-order valence-electron chi connectivity index (χ4n) is 4.01. The number of Topliss-reactive ketones (excluding diaryl/α,β-unsaturated/α-hetero) is 1. The van der Waals surface area contributed by atoms with Crippen molar-refractivity contribution in [2.24, 2.45) is 0 Å². The minimum atomic E-state index is -0.213. The number of carbonyl (C=O) groups excluding carboxylic acids is 1. The first-order valence-electron chi connectivity index (χ1n) is 11.3. The number of nitrogens with zero attached hydrogens (tertiary/aromatic N) is 2. The topological polar surface area (TPSA) is 77.0 Å². The van der Waals surface area contributed by atoms with E-state index in [-0.39, 0.29) is 23.6 Å². The minimum absolute atomic E-state index is 0.0767. The Balaban J connectivity index is 1.58. The number of para-hydroxylation sites is 1. The van der Waals surface area contributed by atoms with E-state index in [9.17, 15) is 9.59 Å². The summed E-state index contributed by atoms with van der Waals surface area (Å²) in [5.41, 5.74) is 3.95. The molecule has 0 saturated heterocycles. The van der Waals surface area contributed by atoms with Crippen LogP contribution in [0.3, 0.4) is 0 Å². The molecule has 0 unspecified atom stereocenters. The highest BCUT2D eigenvalue weighted by molar-refractivity contribution is 7.99. The Morgan fingerprint density at radius 1 is 1.03 bits per heavy atom. The van der Waals surface area contributed by atoms with Crippen molar-refractivity contribution in [2.75, 3.05) is 12.9 Å². The molecule has 0 saturated carbocycles. The second kappa shape index (κ2) is 10.4. The molecule has 2 heterocycles. The Hall–Kier alpha value is -3.81. The highest BCUT2D eigenvalue weighted by Gasteiger charge is 2.19. The molecule has 2 aromatic heterocycles. The largest absolute Gasteiger partial charge is 0.496 e. The maximum absolute atomic E-state index is 13.7. The van der Waals surface area contributed by atoms with E-state index < -0.39 is 0 Å². The number of fused-ring (bicyclic) bond motifs is 1. The first-order chi connectivity index (χ1) is 17.5. The van der Waals surface area contributed by atoms with Gasteiger partial charge in [-0.15, -0.1) is 0 Å². The van der Waals surface area contributed by atoms with E-state index in [2.05, 4.69) is 4.98 Å². The number of nitrogens with one attached hydrogen (secondary N) is 1. The minimum Gasteiger partial charge on any atom is -0.496 e. The van der Waals surface area contributed by atoms with Gasteiger partial charge in [0.25, 0.3) is 5.56 Å². The number of ketones is 1. The van der Waals surface area contributed by atoms with Crippen LogP contribution < -0.4 is 10.3 Å². The molecule has 6 nitrogen and oxygen atoms in total. The van der Waals surface area contributed by atoms with Gasteiger partial charge in [0.1, 0.15) is 16.8 Å². The predicted molar refractivity (Wildman–Crippen MR) is 144 cm³/mol. The van der Waals surface area contributed by atoms with E-state index in [1.54, 1.807) is 42.1 Å². The Morgan fingerprint density at radius 2 is 1.75 bits per heavy atom. The summed E-state index contributed by atoms with van der Waals surface area (Å²) in [5.74, 6) is 0.720. The zero-order chi connectivity index (χ0) is 25.1. The molecule has 0 amide bonds. The van der Waals surface area contributed by atoms with Gasteiger partial charge in [0, 0.05) is 27.9 Å². The molecule has 3 aromatic carbocycles. The lowest BCUT2D eigenvalue weighted by Gasteiger charge is -2.14. The van der Waals surface area contributed by atoms with Crippen molar-refractivity contribution in [3.8, 4) is 16.9 Å². The Labute approximate surface area is 216 Å². The van der Waals surface area contributed by atoms with E-state index >= 15 is 0 Å². The van der Waals surface area contributed by atoms with E-state index in [1.165, 1.54) is 11.8 Å². The number of H-pyrrole nitrogens is 1. The van der Waals surface area contributed by atoms with Crippen molar-refractivity contribution in [1.82, 2.24) is 14.5 Å². The van der Waals surface area contributed by atoms with Gasteiger partial charge < -0.3 is 9.72 Å². The average Bonchev–Trinajstić information content (AvgIpc) is 3.34. The van der Waals surface area contributed by atoms with Gasteiger partial charge in [-0.1, -0.05) is 71.9 Å². The maximum atomic E-state index is 13.7. The number of rotatable bonds is 8. The molecule has 0 aliphatic rings. The van der Waals surface area contributed by atoms with Crippen molar-refractivity contribution in [1.29, 1.82) is 0 Å². The van der Waals surface area contributed by atoms with E-state index in [0.717, 1.165) is 16.7 Å². The van der Waals surface area contributed by atoms with Crippen LogP contribution in [0.4, 0.5) is 0 Å². The van der Waals surface area contributed by atoms with Crippen molar-refractivity contribution in [2.45, 2.75) is 11.7 Å². The number of aromatic nitrogens is 3. The summed E-state index contributed by atoms with van der Waals surface area (Å²) in [6.45, 7) is 0.253. The average molecular weight is 516 g/mol. The number of halogens is 1. The molecule has 0 aliphatic heterocycles. The SMILES string of the molecule is COc1ccccc1Cn1c(SCC(=O)c2ccc(Cl)cc2)nc2c(-c3ccccc3)c[nH]c2c1=O. The van der Waals surface area contributed by atoms with Gasteiger partial charge in [0.05, 0.1) is 19.4 Å². The predicted octanol–water partition coefficient (Wildman–Crippen LogP) is 6.08. The van der Waals surface area contributed by atoms with E-state index in [4.69, 9.17) is 21.3 Å². The molecule has 5 rings (SSSR count). The highest BCUT2D eigenvalue weighted by Crippen LogP contribution is 2.29. The molecule has 5 aromatic rings. The fraction of sp³-hybridized carbons (Fsp3) is 0.107. The summed E-state index contributed by atoms with van der Waals surface area (Å²) >= 11 is 7.20. The van der Waals surface area contributed by atoms with Gasteiger partial charge in [-0.05, 0) is 35.9 Å². The lowest BCUT2D eigenvalue weighted by atomic mass is 10.1. The number of hydrogen-bond donors (Lipinski definition) is 1. The summed E-state index contributed by atoms with van der Waals surface area (Å²) in [6.07, 6.45) is 1.80. The van der Waals surface area contributed by atoms with Crippen LogP contribution in [0.25, 0.3) is 22.2 Å². The third kappa shape index (κ3) is 4.80. The number of methoxy groups -OCH3 is 1. The zero-order valence-electron chi connectivity index (χ0n) is 19.4. The normalized spacial score (nSPS) is 11.1. The van der Waals surface area contributed by atoms with Crippen molar-refractivity contribution in [3.63, 3.8) is 0 Å². The van der Waals surface area contributed by atoms with Crippen LogP contribution in [-0.2, 0) is 6.54 Å². The Kier molecular flexibility index (Phi) is 6.93. The van der Waals surface area contributed by atoms with Gasteiger partial charge in [-0.2, -0.15) is 0 Å². The summed E-state index contributed by atoms with van der Waals surface area (Å²) in [4.78, 5) is 34.6. The van der Waals surface area contributed by atoms with Gasteiger partial charge in [-0.25, -0.2) is 4.98 Å². The zero-order valence-corrected chi connectivity index (χ0v) is 21.0. The lowest BCUT2D eigenvalue weighted by molar-refractivity contribution is 0.102. The van der Waals surface area contributed by atoms with Crippen molar-refractivity contribution < 1.29 is 9.53 Å². The lowest BCUT2D eigenvalue weighted by Crippen LogP contribution is -2.24. The number of hydrogen-bond acceptors (Lipinski definition) is 5. The molecular formula is C28H22ClN3O3S. The van der Waals surface area contributed by atoms with Crippen LogP contribution in [0.5, 0.6) is 5.75 Å². The molecule has 0 bridgehead atoms. The molecule has 1 N–H and O–H groups in total. The number of thioether (sulfide) groups is 1. The van der Waals surface area contributed by atoms with Crippen LogP contribution in [0.1, 0.15) is 15.9 Å². The van der Waals surface area contributed by atoms with Crippen LogP contribution in [0.2, 0.25) is 5.02 Å². The molecule has 0 atom stereocenters. The summed E-state index contributed by atoms with van der Waals surface area (Å²) < 4.78 is 7.09. The molecule has 36 heavy (non-hydrogen) atoms. The van der Waals surface area contributed by atoms with Crippen molar-refractivity contribution >= 4 is 40.2 Å². The van der Waals surface area contributed by atoms with Crippen molar-refractivity contribution in [3.05, 3.63) is 112 Å². The second-order valence-electron chi connectivity index (χ2n) is 8.11. The highest BCUT2D eigenvalue weighted by atomic mass is 35.5. The Bertz CT molecular complexity index is 1590. The second-order valence-corrected chi connectivity index (χ2v) is 9.49.